The van der Waals surface area contributed by atoms with Crippen LogP contribution in [0.25, 0.3) is 5.57 Å². The Balaban J connectivity index is 0.00000261. The van der Waals surface area contributed by atoms with E-state index in [1.807, 2.05) is 6.92 Å². The monoisotopic (exact) mass is 382 g/mol. The van der Waals surface area contributed by atoms with E-state index in [4.69, 9.17) is 0 Å². The zero-order valence-corrected chi connectivity index (χ0v) is 14.7. The van der Waals surface area contributed by atoms with Gasteiger partial charge in [-0.2, -0.15) is 0 Å². The molecule has 7 nitrogen and oxygen atoms in total. The van der Waals surface area contributed by atoms with Gasteiger partial charge in [-0.15, -0.1) is 0 Å². The molecule has 140 valence electrons. The summed E-state index contributed by atoms with van der Waals surface area (Å²) in [5.74, 6) is -2.35. The fourth-order valence-corrected chi connectivity index (χ4v) is 3.72. The molecule has 0 aliphatic carbocycles. The molecule has 1 fully saturated rings. The summed E-state index contributed by atoms with van der Waals surface area (Å²) in [7, 11) is 0. The van der Waals surface area contributed by atoms with Crippen molar-refractivity contribution < 1.29 is 24.6 Å². The quantitative estimate of drug-likeness (QED) is 0.493. The third-order valence-corrected chi connectivity index (χ3v) is 4.94. The van der Waals surface area contributed by atoms with Crippen molar-refractivity contribution in [3.63, 3.8) is 0 Å². The third-order valence-electron chi connectivity index (χ3n) is 4.94. The van der Waals surface area contributed by atoms with E-state index < -0.39 is 18.0 Å². The van der Waals surface area contributed by atoms with Gasteiger partial charge in [0, 0.05) is 12.1 Å². The summed E-state index contributed by atoms with van der Waals surface area (Å²) in [6.07, 6.45) is 0.340. The van der Waals surface area contributed by atoms with Gasteiger partial charge in [0.15, 0.2) is 0 Å². The summed E-state index contributed by atoms with van der Waals surface area (Å²) in [6.45, 7) is 4.06. The summed E-state index contributed by atoms with van der Waals surface area (Å²) in [5.41, 5.74) is 1.52. The van der Waals surface area contributed by atoms with Gasteiger partial charge in [0.05, 0.1) is 18.1 Å². The standard InChI is InChI=1S/C19H22N2O5.Na.H/c1-3-7-20-17(23)12-6-4-5-11(8-12)13-9-14-15(10(2)22)18(24)21(14)16(13)19(25)26;;/h4-6,8,10,14-15,22H,3,7,9H2,1-2H3,(H,20,23)(H,25,26);;/t10-,14-,15-;;/m1../s1. The van der Waals surface area contributed by atoms with E-state index in [1.54, 1.807) is 24.3 Å². The van der Waals surface area contributed by atoms with E-state index in [1.165, 1.54) is 11.8 Å². The number of fused-ring (bicyclic) bond motifs is 1. The molecule has 0 bridgehead atoms. The first-order valence-corrected chi connectivity index (χ1v) is 8.73. The van der Waals surface area contributed by atoms with Crippen LogP contribution in [0.5, 0.6) is 0 Å². The first-order valence-electron chi connectivity index (χ1n) is 8.73. The zero-order valence-electron chi connectivity index (χ0n) is 14.7. The van der Waals surface area contributed by atoms with Crippen LogP contribution in [0.15, 0.2) is 30.0 Å². The van der Waals surface area contributed by atoms with Crippen molar-refractivity contribution in [1.82, 2.24) is 10.2 Å². The van der Waals surface area contributed by atoms with E-state index in [0.717, 1.165) is 6.42 Å². The number of carboxylic acid groups (broad SMARTS) is 1. The number of aliphatic hydroxyl groups is 1. The van der Waals surface area contributed by atoms with Gasteiger partial charge in [-0.1, -0.05) is 19.1 Å². The SMILES string of the molecule is CCCNC(=O)c1cccc(C2=C(C(=O)O)N3C(=O)[C@H]([C@@H](C)O)[C@H]3C2)c1.[NaH]. The van der Waals surface area contributed by atoms with Crippen LogP contribution in [0, 0.1) is 5.92 Å². The number of rotatable bonds is 6. The van der Waals surface area contributed by atoms with Gasteiger partial charge in [-0.3, -0.25) is 9.59 Å². The molecule has 8 heteroatoms. The number of benzene rings is 1. The van der Waals surface area contributed by atoms with Gasteiger partial charge < -0.3 is 20.4 Å². The first-order chi connectivity index (χ1) is 12.4. The van der Waals surface area contributed by atoms with E-state index in [2.05, 4.69) is 5.32 Å². The average Bonchev–Trinajstić information content (AvgIpc) is 2.94. The number of β-lactam (4-membered cyclic amide) rings is 1. The van der Waals surface area contributed by atoms with Gasteiger partial charge in [0.25, 0.3) is 5.91 Å². The molecule has 0 unspecified atom stereocenters. The average molecular weight is 382 g/mol. The summed E-state index contributed by atoms with van der Waals surface area (Å²) >= 11 is 0. The molecule has 2 heterocycles. The summed E-state index contributed by atoms with van der Waals surface area (Å²) in [5, 5.41) is 22.2. The predicted octanol–water partition coefficient (Wildman–Crippen LogP) is 0.585. The van der Waals surface area contributed by atoms with Gasteiger partial charge in [0.2, 0.25) is 5.91 Å². The molecule has 0 saturated carbocycles. The molecule has 1 aromatic rings. The molecular formula is C19H23N2NaO5. The first kappa shape index (κ1) is 21.6. The van der Waals surface area contributed by atoms with Crippen LogP contribution in [0.2, 0.25) is 0 Å². The molecule has 1 aromatic carbocycles. The van der Waals surface area contributed by atoms with E-state index >= 15 is 0 Å². The summed E-state index contributed by atoms with van der Waals surface area (Å²) in [4.78, 5) is 37.5. The van der Waals surface area contributed by atoms with Crippen LogP contribution in [-0.2, 0) is 9.59 Å². The Morgan fingerprint density at radius 3 is 2.67 bits per heavy atom. The summed E-state index contributed by atoms with van der Waals surface area (Å²) in [6, 6.07) is 6.41. The molecule has 3 N–H and O–H groups in total. The Kier molecular flexibility index (Phi) is 6.86. The second-order valence-corrected chi connectivity index (χ2v) is 6.72. The normalized spacial score (nSPS) is 21.9. The maximum atomic E-state index is 12.3. The Hall–Kier alpha value is -1.67. The Morgan fingerprint density at radius 1 is 1.37 bits per heavy atom. The molecule has 2 amide bonds. The zero-order chi connectivity index (χ0) is 19.0. The molecule has 0 aromatic heterocycles. The molecule has 3 atom stereocenters. The topological polar surface area (TPSA) is 107 Å². The minimum atomic E-state index is -1.18. The van der Waals surface area contributed by atoms with Gasteiger partial charge >= 0.3 is 35.5 Å². The number of hydrogen-bond donors (Lipinski definition) is 3. The van der Waals surface area contributed by atoms with Crippen LogP contribution in [0.3, 0.4) is 0 Å². The maximum absolute atomic E-state index is 12.3. The number of aliphatic hydroxyl groups excluding tert-OH is 1. The third kappa shape index (κ3) is 3.82. The van der Waals surface area contributed by atoms with E-state index in [9.17, 15) is 24.6 Å². The number of carbonyl (C=O) groups is 3. The number of aliphatic carboxylic acids is 1. The fraction of sp³-hybridized carbons (Fsp3) is 0.421. The molecular weight excluding hydrogens is 359 g/mol. The van der Waals surface area contributed by atoms with Crippen LogP contribution in [0.1, 0.15) is 42.6 Å². The predicted molar refractivity (Wildman–Crippen MR) is 101 cm³/mol. The fourth-order valence-electron chi connectivity index (χ4n) is 3.72. The molecule has 1 saturated heterocycles. The van der Waals surface area contributed by atoms with Crippen molar-refractivity contribution in [1.29, 1.82) is 0 Å². The molecule has 3 rings (SSSR count). The van der Waals surface area contributed by atoms with Crippen molar-refractivity contribution in [2.45, 2.75) is 38.8 Å². The van der Waals surface area contributed by atoms with Crippen molar-refractivity contribution in [3.8, 4) is 0 Å². The number of hydrogen-bond acceptors (Lipinski definition) is 4. The van der Waals surface area contributed by atoms with Crippen molar-refractivity contribution in [2.24, 2.45) is 5.92 Å². The van der Waals surface area contributed by atoms with E-state index in [-0.39, 0.29) is 53.1 Å². The van der Waals surface area contributed by atoms with Crippen LogP contribution in [-0.4, -0.2) is 81.1 Å². The van der Waals surface area contributed by atoms with Crippen LogP contribution in [0.4, 0.5) is 0 Å². The van der Waals surface area contributed by atoms with Gasteiger partial charge in [0.1, 0.15) is 5.70 Å². The second-order valence-electron chi connectivity index (χ2n) is 6.72. The Bertz CT molecular complexity index is 805. The van der Waals surface area contributed by atoms with Gasteiger partial charge in [-0.25, -0.2) is 4.79 Å². The number of carboxylic acids is 1. The van der Waals surface area contributed by atoms with Crippen molar-refractivity contribution in [2.75, 3.05) is 6.54 Å². The molecule has 2 aliphatic rings. The van der Waals surface area contributed by atoms with Crippen molar-refractivity contribution in [3.05, 3.63) is 41.1 Å². The van der Waals surface area contributed by atoms with E-state index in [0.29, 0.717) is 29.7 Å². The second kappa shape index (κ2) is 8.56. The van der Waals surface area contributed by atoms with Gasteiger partial charge in [-0.05, 0) is 43.0 Å². The Labute approximate surface area is 179 Å². The number of carbonyl (C=O) groups excluding carboxylic acids is 2. The molecule has 27 heavy (non-hydrogen) atoms. The number of amides is 2. The number of nitrogens with zero attached hydrogens (tertiary/aromatic N) is 1. The Morgan fingerprint density at radius 2 is 2.07 bits per heavy atom. The molecule has 0 radical (unpaired) electrons. The van der Waals surface area contributed by atoms with Crippen molar-refractivity contribution >= 4 is 52.9 Å². The van der Waals surface area contributed by atoms with Crippen LogP contribution >= 0.6 is 0 Å². The van der Waals surface area contributed by atoms with Crippen LogP contribution < -0.4 is 5.32 Å². The minimum absolute atomic E-state index is 0. The number of nitrogens with one attached hydrogen (secondary N) is 1. The summed E-state index contributed by atoms with van der Waals surface area (Å²) < 4.78 is 0. The molecule has 2 aliphatic heterocycles. The molecule has 0 spiro atoms.